The number of fused-ring (bicyclic) bond motifs is 6. The number of aromatic amines is 3. The summed E-state index contributed by atoms with van der Waals surface area (Å²) in [5.41, 5.74) is 21.8. The van der Waals surface area contributed by atoms with E-state index in [0.717, 1.165) is 148 Å². The fourth-order valence-corrected chi connectivity index (χ4v) is 11.8. The van der Waals surface area contributed by atoms with Crippen LogP contribution in [0.15, 0.2) is 200 Å². The van der Waals surface area contributed by atoms with Crippen molar-refractivity contribution in [1.29, 1.82) is 0 Å². The van der Waals surface area contributed by atoms with E-state index in [1.165, 1.54) is 0 Å². The molecule has 15 rings (SSSR count). The second-order valence-electron chi connectivity index (χ2n) is 22.0. The van der Waals surface area contributed by atoms with E-state index in [9.17, 15) is 14.4 Å². The van der Waals surface area contributed by atoms with Crippen LogP contribution in [0.2, 0.25) is 5.15 Å². The molecule has 6 aromatic carbocycles. The van der Waals surface area contributed by atoms with Crippen molar-refractivity contribution in [2.45, 2.75) is 65.2 Å². The van der Waals surface area contributed by atoms with Gasteiger partial charge in [-0.05, 0) is 110 Å². The van der Waals surface area contributed by atoms with Crippen LogP contribution in [-0.2, 0) is 0 Å². The first-order chi connectivity index (χ1) is 43.0. The van der Waals surface area contributed by atoms with Gasteiger partial charge in [-0.2, -0.15) is 0 Å². The molecule has 0 spiro atoms. The molecule has 0 radical (unpaired) electrons. The van der Waals surface area contributed by atoms with Gasteiger partial charge in [0, 0.05) is 121 Å². The van der Waals surface area contributed by atoms with Crippen LogP contribution in [-0.4, -0.2) is 67.3 Å². The fourth-order valence-electron chi connectivity index (χ4n) is 11.7. The first kappa shape index (κ1) is 60.2. The predicted octanol–water partition coefficient (Wildman–Crippen LogP) is 16.4. The van der Waals surface area contributed by atoms with E-state index in [2.05, 4.69) is 104 Å². The monoisotopic (exact) mass is 1200 g/mol. The lowest BCUT2D eigenvalue weighted by Gasteiger charge is -2.21. The van der Waals surface area contributed by atoms with Crippen molar-refractivity contribution in [2.24, 2.45) is 0 Å². The molecule has 10 N–H and O–H groups in total. The highest BCUT2D eigenvalue weighted by molar-refractivity contribution is 6.30. The molecule has 15 nitrogen and oxygen atoms in total. The summed E-state index contributed by atoms with van der Waals surface area (Å²) < 4.78 is 0. The number of nitrogen functional groups attached to an aromatic ring is 1. The minimum Gasteiger partial charge on any atom is -0.399 e. The Labute approximate surface area is 522 Å². The summed E-state index contributed by atoms with van der Waals surface area (Å²) in [7, 11) is 0. The molecule has 12 aromatic rings. The zero-order chi connectivity index (χ0) is 60.7. The van der Waals surface area contributed by atoms with Crippen molar-refractivity contribution < 1.29 is 14.4 Å². The van der Waals surface area contributed by atoms with Crippen LogP contribution in [0, 0.1) is 0 Å². The van der Waals surface area contributed by atoms with Crippen LogP contribution in [0.1, 0.15) is 113 Å². The highest BCUT2D eigenvalue weighted by atomic mass is 35.5. The van der Waals surface area contributed by atoms with E-state index in [1.807, 2.05) is 158 Å². The van der Waals surface area contributed by atoms with Crippen molar-refractivity contribution >= 4 is 90.7 Å². The molecule has 3 aliphatic rings. The number of amides is 3. The number of nitrogens with two attached hydrogens (primary N) is 1. The molecule has 9 heterocycles. The lowest BCUT2D eigenvalue weighted by Crippen LogP contribution is -2.34. The number of hydrogen-bond acceptors (Lipinski definition) is 9. The summed E-state index contributed by atoms with van der Waals surface area (Å²) in [4.78, 5) is 61.6. The van der Waals surface area contributed by atoms with Gasteiger partial charge >= 0.3 is 0 Å². The number of nitrogens with one attached hydrogen (secondary N) is 8. The smallest absolute Gasteiger partial charge is 0.253 e. The third kappa shape index (κ3) is 13.1. The van der Waals surface area contributed by atoms with E-state index < -0.39 is 0 Å². The molecule has 448 valence electrons. The first-order valence-electron chi connectivity index (χ1n) is 29.9. The van der Waals surface area contributed by atoms with Crippen molar-refractivity contribution in [2.75, 3.05) is 36.0 Å². The zero-order valence-electron chi connectivity index (χ0n) is 49.0. The molecule has 16 heteroatoms. The van der Waals surface area contributed by atoms with Crippen molar-refractivity contribution in [3.8, 4) is 33.8 Å². The Morgan fingerprint density at radius 2 is 0.753 bits per heavy atom. The van der Waals surface area contributed by atoms with E-state index in [4.69, 9.17) is 27.3 Å². The van der Waals surface area contributed by atoms with Gasteiger partial charge in [0.1, 0.15) is 16.8 Å². The van der Waals surface area contributed by atoms with Gasteiger partial charge in [0.25, 0.3) is 17.7 Å². The molecule has 1 unspecified atom stereocenters. The number of carbonyl (C=O) groups is 3. The molecule has 0 fully saturated rings. The Hall–Kier alpha value is -10.5. The lowest BCUT2D eigenvalue weighted by atomic mass is 9.95. The van der Waals surface area contributed by atoms with E-state index in [0.29, 0.717) is 42.5 Å². The van der Waals surface area contributed by atoms with Crippen LogP contribution in [0.3, 0.4) is 0 Å². The maximum absolute atomic E-state index is 12.4. The molecular formula is C73H71ClN12O3. The molecule has 0 aliphatic carbocycles. The van der Waals surface area contributed by atoms with Crippen molar-refractivity contribution in [3.05, 3.63) is 239 Å². The van der Waals surface area contributed by atoms with Crippen LogP contribution >= 0.6 is 11.6 Å². The number of para-hydroxylation sites is 6. The number of pyridine rings is 3. The summed E-state index contributed by atoms with van der Waals surface area (Å²) in [5.74, 6) is 2.50. The SMILES string of the molecule is C.CCC1CNC(=O)c2cc(-c3cccc4ccc(Cl)nc34)[nH]c21.CC[C@@H]1CNC(=O)c2cc(-c3cccc4ccc(Nc5ccccc5)nc34)[nH]c21.CC[C@H]1CNC(=O)c2cc(-c3cccc4ccc(Nc5ccccc5)nc34)[nH]c21.Nc1ccccc1. The molecular weight excluding hydrogens is 1130 g/mol. The Balaban J connectivity index is 0.000000130. The highest BCUT2D eigenvalue weighted by Gasteiger charge is 2.30. The van der Waals surface area contributed by atoms with Crippen LogP contribution in [0.4, 0.5) is 28.7 Å². The molecule has 0 saturated carbocycles. The number of aromatic nitrogens is 6. The van der Waals surface area contributed by atoms with E-state index in [-0.39, 0.29) is 25.1 Å². The zero-order valence-corrected chi connectivity index (χ0v) is 49.8. The lowest BCUT2D eigenvalue weighted by molar-refractivity contribution is 0.0931. The summed E-state index contributed by atoms with van der Waals surface area (Å²) in [5, 5.41) is 19.3. The van der Waals surface area contributed by atoms with Gasteiger partial charge in [-0.25, -0.2) is 15.0 Å². The Bertz CT molecular complexity index is 4290. The Morgan fingerprint density at radius 3 is 1.09 bits per heavy atom. The number of H-pyrrole nitrogens is 3. The average Bonchev–Trinajstić information content (AvgIpc) is 1.74. The fraction of sp³-hybridized carbons (Fsp3) is 0.178. The number of carbonyl (C=O) groups excluding carboxylic acids is 3. The summed E-state index contributed by atoms with van der Waals surface area (Å²) in [6, 6.07) is 65.5. The molecule has 6 aromatic heterocycles. The van der Waals surface area contributed by atoms with Crippen molar-refractivity contribution in [1.82, 2.24) is 45.9 Å². The number of halogens is 1. The quantitative estimate of drug-likeness (QED) is 0.0469. The summed E-state index contributed by atoms with van der Waals surface area (Å²) in [6.45, 7) is 8.47. The van der Waals surface area contributed by atoms with Gasteiger partial charge in [0.15, 0.2) is 0 Å². The maximum atomic E-state index is 12.4. The van der Waals surface area contributed by atoms with Crippen molar-refractivity contribution in [3.63, 3.8) is 0 Å². The molecule has 0 bridgehead atoms. The Kier molecular flexibility index (Phi) is 18.3. The summed E-state index contributed by atoms with van der Waals surface area (Å²) in [6.07, 6.45) is 2.94. The molecule has 0 saturated heterocycles. The number of rotatable bonds is 10. The molecule has 3 atom stereocenters. The van der Waals surface area contributed by atoms with Gasteiger partial charge < -0.3 is 47.3 Å². The van der Waals surface area contributed by atoms with E-state index in [1.54, 1.807) is 6.07 Å². The topological polar surface area (TPSA) is 223 Å². The standard InChI is InChI=1S/2C24H22N4O.C18H16ClN3O.C6H7N.CH4/c2*1-2-15-14-25-24(29)19-13-20(27-22(15)19)18-10-6-7-16-11-12-21(28-23(16)18)26-17-8-4-3-5-9-17;1-2-10-9-20-18(23)13-8-14(21-16(10)13)12-5-3-4-11-6-7-15(19)22-17(11)12;7-6-4-2-1-3-5-6;/h2*3-13,15,27H,2,14H2,1H3,(H,25,29)(H,26,28);3-8,10,21H,2,9H2,1H3,(H,20,23);1-5H,7H2;1H4/t2*15-;;;/m10.../s1. The van der Waals surface area contributed by atoms with Gasteiger partial charge in [-0.1, -0.05) is 149 Å². The van der Waals surface area contributed by atoms with Crippen LogP contribution in [0.5, 0.6) is 0 Å². The maximum Gasteiger partial charge on any atom is 0.253 e. The third-order valence-electron chi connectivity index (χ3n) is 16.4. The third-order valence-corrected chi connectivity index (χ3v) is 16.6. The molecule has 89 heavy (non-hydrogen) atoms. The van der Waals surface area contributed by atoms with Crippen LogP contribution < -0.4 is 32.3 Å². The molecule has 3 aliphatic heterocycles. The molecule has 3 amide bonds. The first-order valence-corrected chi connectivity index (χ1v) is 30.2. The predicted molar refractivity (Wildman–Crippen MR) is 363 cm³/mol. The second-order valence-corrected chi connectivity index (χ2v) is 22.4. The minimum absolute atomic E-state index is 0. The summed E-state index contributed by atoms with van der Waals surface area (Å²) >= 11 is 6.06. The van der Waals surface area contributed by atoms with Gasteiger partial charge in [0.05, 0.1) is 33.2 Å². The highest BCUT2D eigenvalue weighted by Crippen LogP contribution is 2.38. The number of anilines is 5. The van der Waals surface area contributed by atoms with Gasteiger partial charge in [0.2, 0.25) is 0 Å². The van der Waals surface area contributed by atoms with E-state index >= 15 is 0 Å². The number of hydrogen-bond donors (Lipinski definition) is 9. The number of nitrogens with zero attached hydrogens (tertiary/aromatic N) is 3. The minimum atomic E-state index is -0.0153. The van der Waals surface area contributed by atoms with Gasteiger partial charge in [-0.3, -0.25) is 14.4 Å². The van der Waals surface area contributed by atoms with Crippen LogP contribution in [0.25, 0.3) is 66.5 Å². The normalized spacial score (nSPS) is 15.4. The second kappa shape index (κ2) is 27.0. The number of benzene rings is 6. The average molecular weight is 1200 g/mol. The van der Waals surface area contributed by atoms with Gasteiger partial charge in [-0.15, -0.1) is 0 Å². The Morgan fingerprint density at radius 1 is 0.416 bits per heavy atom. The largest absolute Gasteiger partial charge is 0.399 e.